The molecule has 7 atom stereocenters. The molecule has 1 unspecified atom stereocenters. The molecular formula is C32H48N5O13PS2. The molecule has 53 heavy (non-hydrogen) atoms. The van der Waals surface area contributed by atoms with E-state index < -0.39 is 84.1 Å². The van der Waals surface area contributed by atoms with Crippen LogP contribution >= 0.6 is 29.9 Å². The number of hydrogen-bond acceptors (Lipinski definition) is 16. The SMILES string of the molecule is Cc1cn([C@H]2C[C@H](OP(=O)(OC[C@H]3O[C@@H](n4cc(C)c(=O)[nH]c4=O)C[C@@H]3O)SC(C)(C)CCSC(=O)CCN3CCOCC3)[C@@H](CO)O2)c(=O)[nH]c1=O. The fourth-order valence-corrected chi connectivity index (χ4v) is 12.0. The molecule has 3 fully saturated rings. The number of ether oxygens (including phenoxy) is 3. The smallest absolute Gasteiger partial charge is 0.390 e. The van der Waals surface area contributed by atoms with Crippen LogP contribution < -0.4 is 22.5 Å². The summed E-state index contributed by atoms with van der Waals surface area (Å²) in [5.74, 6) is 0.434. The Balaban J connectivity index is 1.28. The average molecular weight is 806 g/mol. The average Bonchev–Trinajstić information content (AvgIpc) is 3.68. The number of nitrogens with one attached hydrogen (secondary N) is 2. The van der Waals surface area contributed by atoms with Gasteiger partial charge in [-0.2, -0.15) is 0 Å². The summed E-state index contributed by atoms with van der Waals surface area (Å²) in [6, 6.07) is 0. The van der Waals surface area contributed by atoms with Crippen LogP contribution in [0.3, 0.4) is 0 Å². The number of hydrogen-bond donors (Lipinski definition) is 4. The number of aliphatic hydroxyl groups excluding tert-OH is 2. The highest BCUT2D eigenvalue weighted by atomic mass is 32.7. The van der Waals surface area contributed by atoms with Gasteiger partial charge in [0.1, 0.15) is 30.8 Å². The molecule has 0 spiro atoms. The summed E-state index contributed by atoms with van der Waals surface area (Å²) in [5.41, 5.74) is -2.01. The third-order valence-corrected chi connectivity index (χ3v) is 14.8. The zero-order chi connectivity index (χ0) is 38.5. The highest BCUT2D eigenvalue weighted by Crippen LogP contribution is 2.67. The van der Waals surface area contributed by atoms with E-state index in [0.29, 0.717) is 38.4 Å². The molecule has 3 aliphatic rings. The maximum Gasteiger partial charge on any atom is 0.390 e. The van der Waals surface area contributed by atoms with Crippen molar-refractivity contribution in [2.45, 2.75) is 95.0 Å². The van der Waals surface area contributed by atoms with E-state index >= 15 is 0 Å². The van der Waals surface area contributed by atoms with Gasteiger partial charge in [-0.3, -0.25) is 47.4 Å². The van der Waals surface area contributed by atoms with Gasteiger partial charge in [-0.25, -0.2) is 14.2 Å². The van der Waals surface area contributed by atoms with Crippen LogP contribution in [0.15, 0.2) is 31.6 Å². The number of aromatic nitrogens is 4. The summed E-state index contributed by atoms with van der Waals surface area (Å²) >= 11 is 2.10. The molecule has 3 saturated heterocycles. The lowest BCUT2D eigenvalue weighted by molar-refractivity contribution is -0.111. The summed E-state index contributed by atoms with van der Waals surface area (Å²) < 4.78 is 45.7. The first-order valence-corrected chi connectivity index (χ1v) is 21.3. The molecular weight excluding hydrogens is 757 g/mol. The molecule has 0 radical (unpaired) electrons. The number of aliphatic hydroxyl groups is 2. The van der Waals surface area contributed by atoms with Gasteiger partial charge in [-0.05, 0) is 31.7 Å². The van der Waals surface area contributed by atoms with Gasteiger partial charge < -0.3 is 24.4 Å². The van der Waals surface area contributed by atoms with E-state index in [-0.39, 0.29) is 29.1 Å². The van der Waals surface area contributed by atoms with Gasteiger partial charge in [-0.15, -0.1) is 0 Å². The fraction of sp³-hybridized carbons (Fsp3) is 0.719. The Labute approximate surface area is 313 Å². The highest BCUT2D eigenvalue weighted by molar-refractivity contribution is 8.55. The first kappa shape index (κ1) is 41.8. The van der Waals surface area contributed by atoms with Crippen molar-refractivity contribution in [3.05, 3.63) is 65.2 Å². The van der Waals surface area contributed by atoms with Gasteiger partial charge in [0.05, 0.1) is 32.5 Å². The largest absolute Gasteiger partial charge is 0.394 e. The summed E-state index contributed by atoms with van der Waals surface area (Å²) in [6.07, 6.45) is -2.68. The zero-order valence-corrected chi connectivity index (χ0v) is 32.6. The zero-order valence-electron chi connectivity index (χ0n) is 30.1. The molecule has 296 valence electrons. The molecule has 0 aliphatic carbocycles. The van der Waals surface area contributed by atoms with Gasteiger partial charge in [-0.1, -0.05) is 25.6 Å². The van der Waals surface area contributed by atoms with E-state index in [1.165, 1.54) is 42.6 Å². The number of thioether (sulfide) groups is 1. The molecule has 2 aromatic heterocycles. The minimum absolute atomic E-state index is 0.0158. The first-order valence-electron chi connectivity index (χ1n) is 17.4. The molecule has 0 saturated carbocycles. The van der Waals surface area contributed by atoms with E-state index in [1.807, 2.05) is 13.8 Å². The van der Waals surface area contributed by atoms with Crippen molar-refractivity contribution >= 4 is 35.1 Å². The Morgan fingerprint density at radius 1 is 0.981 bits per heavy atom. The Hall–Kier alpha value is -2.36. The lowest BCUT2D eigenvalue weighted by Crippen LogP contribution is -2.37. The summed E-state index contributed by atoms with van der Waals surface area (Å²) in [4.78, 5) is 68.2. The number of aromatic amines is 2. The van der Waals surface area contributed by atoms with Crippen molar-refractivity contribution in [1.29, 1.82) is 0 Å². The Morgan fingerprint density at radius 3 is 2.17 bits per heavy atom. The second-order valence-corrected chi connectivity index (χ2v) is 19.5. The van der Waals surface area contributed by atoms with Crippen LogP contribution in [0.2, 0.25) is 0 Å². The quantitative estimate of drug-likeness (QED) is 0.174. The van der Waals surface area contributed by atoms with Crippen molar-refractivity contribution < 1.29 is 42.8 Å². The van der Waals surface area contributed by atoms with Crippen LogP contribution in [0.4, 0.5) is 0 Å². The second kappa shape index (κ2) is 18.1. The highest BCUT2D eigenvalue weighted by Gasteiger charge is 2.46. The summed E-state index contributed by atoms with van der Waals surface area (Å²) in [7, 11) is 0. The van der Waals surface area contributed by atoms with E-state index in [9.17, 15) is 38.8 Å². The number of carbonyl (C=O) groups excluding carboxylic acids is 1. The molecule has 21 heteroatoms. The predicted molar refractivity (Wildman–Crippen MR) is 196 cm³/mol. The van der Waals surface area contributed by atoms with E-state index in [0.717, 1.165) is 29.0 Å². The number of aryl methyl sites for hydroxylation is 2. The Morgan fingerprint density at radius 2 is 1.57 bits per heavy atom. The molecule has 0 bridgehead atoms. The second-order valence-electron chi connectivity index (χ2n) is 13.8. The molecule has 0 aromatic carbocycles. The lowest BCUT2D eigenvalue weighted by atomic mass is 10.1. The van der Waals surface area contributed by atoms with Crippen LogP contribution in [0.1, 0.15) is 63.1 Å². The number of H-pyrrole nitrogens is 2. The van der Waals surface area contributed by atoms with Crippen LogP contribution in [-0.4, -0.2) is 120 Å². The molecule has 5 heterocycles. The Bertz CT molecular complexity index is 1880. The topological polar surface area (TPSA) is 234 Å². The minimum Gasteiger partial charge on any atom is -0.394 e. The van der Waals surface area contributed by atoms with Gasteiger partial charge in [0, 0.05) is 72.9 Å². The molecule has 3 aliphatic heterocycles. The number of carbonyl (C=O) groups is 1. The molecule has 0 amide bonds. The standard InChI is InChI=1S/C32H48N5O13PS2/c1-19-15-36(30(43)33-28(19)41)25-13-21(39)24(49-25)18-47-51(45,53-32(3,4)6-12-52-27(40)5-7-35-8-10-46-11-9-35)50-22-14-26(48-23(22)17-38)37-16-20(2)29(42)34-31(37)44/h15-16,21-26,38-39H,5-14,17-18H2,1-4H3,(H,33,41,43)(H,34,42,44)/t21-,22-,23+,24+,25+,26+,51?/m0/s1. The lowest BCUT2D eigenvalue weighted by Gasteiger charge is -2.31. The van der Waals surface area contributed by atoms with Crippen molar-refractivity contribution in [3.63, 3.8) is 0 Å². The molecule has 18 nitrogen and oxygen atoms in total. The third kappa shape index (κ3) is 11.1. The van der Waals surface area contributed by atoms with E-state index in [2.05, 4.69) is 14.9 Å². The van der Waals surface area contributed by atoms with E-state index in [1.54, 1.807) is 0 Å². The maximum absolute atomic E-state index is 14.7. The van der Waals surface area contributed by atoms with Crippen molar-refractivity contribution in [1.82, 2.24) is 24.0 Å². The molecule has 2 aromatic rings. The van der Waals surface area contributed by atoms with Crippen molar-refractivity contribution in [2.24, 2.45) is 0 Å². The fourth-order valence-electron chi connectivity index (χ4n) is 6.10. The summed E-state index contributed by atoms with van der Waals surface area (Å²) in [5, 5.41) is 21.1. The first-order chi connectivity index (χ1) is 25.1. The Kier molecular flexibility index (Phi) is 14.2. The summed E-state index contributed by atoms with van der Waals surface area (Å²) in [6.45, 7) is 5.06. The van der Waals surface area contributed by atoms with Crippen molar-refractivity contribution in [3.8, 4) is 0 Å². The minimum atomic E-state index is -4.22. The maximum atomic E-state index is 14.7. The third-order valence-electron chi connectivity index (χ3n) is 9.20. The number of rotatable bonds is 16. The normalized spacial score (nSPS) is 26.5. The monoisotopic (exact) mass is 805 g/mol. The number of nitrogens with zero attached hydrogens (tertiary/aromatic N) is 3. The van der Waals surface area contributed by atoms with Crippen LogP contribution in [0.25, 0.3) is 0 Å². The van der Waals surface area contributed by atoms with Crippen LogP contribution in [0.5, 0.6) is 0 Å². The molecule has 5 rings (SSSR count). The van der Waals surface area contributed by atoms with Gasteiger partial charge >= 0.3 is 18.2 Å². The van der Waals surface area contributed by atoms with Gasteiger partial charge in [0.15, 0.2) is 5.12 Å². The van der Waals surface area contributed by atoms with Gasteiger partial charge in [0.25, 0.3) is 11.1 Å². The molecule has 4 N–H and O–H groups in total. The van der Waals surface area contributed by atoms with Crippen LogP contribution in [0, 0.1) is 13.8 Å². The van der Waals surface area contributed by atoms with Gasteiger partial charge in [0.2, 0.25) is 0 Å². The van der Waals surface area contributed by atoms with Crippen LogP contribution in [-0.2, 0) is 32.6 Å². The predicted octanol–water partition coefficient (Wildman–Crippen LogP) is 1.03. The number of morpholine rings is 1. The van der Waals surface area contributed by atoms with E-state index in [4.69, 9.17) is 23.3 Å². The van der Waals surface area contributed by atoms with Crippen molar-refractivity contribution in [2.75, 3.05) is 51.8 Å².